The van der Waals surface area contributed by atoms with Gasteiger partial charge in [0.25, 0.3) is 0 Å². The molecule has 1 aromatic rings. The summed E-state index contributed by atoms with van der Waals surface area (Å²) in [6.07, 6.45) is 0.356. The lowest BCUT2D eigenvalue weighted by molar-refractivity contribution is -0.149. The average molecular weight is 313 g/mol. The SMILES string of the molecule is COCC(C)(NC(=O)C1CC1c1cc(F)ccc1F)C(=O)O. The number of benzene rings is 1. The van der Waals surface area contributed by atoms with Gasteiger partial charge in [0.05, 0.1) is 6.61 Å². The second kappa shape index (κ2) is 6.00. The number of carboxylic acids is 1. The van der Waals surface area contributed by atoms with Crippen molar-refractivity contribution in [2.45, 2.75) is 24.8 Å². The van der Waals surface area contributed by atoms with E-state index in [1.807, 2.05) is 0 Å². The molecule has 3 unspecified atom stereocenters. The van der Waals surface area contributed by atoms with Crippen molar-refractivity contribution in [1.82, 2.24) is 5.32 Å². The minimum Gasteiger partial charge on any atom is -0.479 e. The summed E-state index contributed by atoms with van der Waals surface area (Å²) in [6, 6.07) is 3.10. The molecule has 0 aromatic heterocycles. The summed E-state index contributed by atoms with van der Waals surface area (Å²) in [5.74, 6) is -3.87. The van der Waals surface area contributed by atoms with Gasteiger partial charge in [-0.1, -0.05) is 0 Å². The summed E-state index contributed by atoms with van der Waals surface area (Å²) >= 11 is 0. The van der Waals surface area contributed by atoms with Crippen molar-refractivity contribution < 1.29 is 28.2 Å². The van der Waals surface area contributed by atoms with Gasteiger partial charge in [-0.3, -0.25) is 4.79 Å². The fourth-order valence-corrected chi connectivity index (χ4v) is 2.43. The number of halogens is 2. The monoisotopic (exact) mass is 313 g/mol. The van der Waals surface area contributed by atoms with Gasteiger partial charge in [-0.15, -0.1) is 0 Å². The molecule has 3 atom stereocenters. The van der Waals surface area contributed by atoms with Crippen LogP contribution in [0.1, 0.15) is 24.8 Å². The molecule has 1 amide bonds. The predicted molar refractivity (Wildman–Crippen MR) is 73.3 cm³/mol. The Morgan fingerprint density at radius 3 is 2.73 bits per heavy atom. The summed E-state index contributed by atoms with van der Waals surface area (Å²) in [4.78, 5) is 23.4. The van der Waals surface area contributed by atoms with Crippen LogP contribution in [0.25, 0.3) is 0 Å². The third-order valence-electron chi connectivity index (χ3n) is 3.79. The van der Waals surface area contributed by atoms with Gasteiger partial charge in [0, 0.05) is 13.0 Å². The number of ether oxygens (including phenoxy) is 1. The molecule has 0 bridgehead atoms. The quantitative estimate of drug-likeness (QED) is 0.838. The van der Waals surface area contributed by atoms with Crippen LogP contribution >= 0.6 is 0 Å². The molecule has 2 N–H and O–H groups in total. The average Bonchev–Trinajstić information content (AvgIpc) is 3.22. The highest BCUT2D eigenvalue weighted by atomic mass is 19.1. The highest BCUT2D eigenvalue weighted by Crippen LogP contribution is 2.48. The van der Waals surface area contributed by atoms with E-state index in [4.69, 9.17) is 4.74 Å². The third-order valence-corrected chi connectivity index (χ3v) is 3.79. The van der Waals surface area contributed by atoms with Crippen molar-refractivity contribution in [3.8, 4) is 0 Å². The Hall–Kier alpha value is -2.02. The molecule has 120 valence electrons. The van der Waals surface area contributed by atoms with Crippen molar-refractivity contribution in [3.05, 3.63) is 35.4 Å². The van der Waals surface area contributed by atoms with Gasteiger partial charge in [-0.05, 0) is 43.0 Å². The molecule has 0 saturated heterocycles. The molecule has 22 heavy (non-hydrogen) atoms. The lowest BCUT2D eigenvalue weighted by atomic mass is 10.0. The number of carboxylic acid groups (broad SMARTS) is 1. The summed E-state index contributed by atoms with van der Waals surface area (Å²) in [6.45, 7) is 1.14. The van der Waals surface area contributed by atoms with E-state index in [1.165, 1.54) is 14.0 Å². The number of amides is 1. The van der Waals surface area contributed by atoms with Crippen LogP contribution in [-0.4, -0.2) is 36.2 Å². The van der Waals surface area contributed by atoms with Crippen LogP contribution in [0.2, 0.25) is 0 Å². The molecule has 1 fully saturated rings. The number of methoxy groups -OCH3 is 1. The molecule has 1 aromatic carbocycles. The topological polar surface area (TPSA) is 75.6 Å². The predicted octanol–water partition coefficient (Wildman–Crippen LogP) is 1.67. The molecule has 1 aliphatic carbocycles. The Bertz CT molecular complexity index is 607. The molecule has 0 heterocycles. The lowest BCUT2D eigenvalue weighted by Crippen LogP contribution is -2.55. The van der Waals surface area contributed by atoms with Crippen molar-refractivity contribution in [1.29, 1.82) is 0 Å². The van der Waals surface area contributed by atoms with Crippen LogP contribution in [0.3, 0.4) is 0 Å². The van der Waals surface area contributed by atoms with Crippen molar-refractivity contribution >= 4 is 11.9 Å². The Kier molecular flexibility index (Phi) is 4.46. The minimum absolute atomic E-state index is 0.143. The summed E-state index contributed by atoms with van der Waals surface area (Å²) in [7, 11) is 1.33. The van der Waals surface area contributed by atoms with E-state index in [9.17, 15) is 23.5 Å². The Labute approximate surface area is 126 Å². The fraction of sp³-hybridized carbons (Fsp3) is 0.467. The van der Waals surface area contributed by atoms with E-state index in [2.05, 4.69) is 5.32 Å². The zero-order valence-corrected chi connectivity index (χ0v) is 12.2. The van der Waals surface area contributed by atoms with E-state index in [1.54, 1.807) is 0 Å². The zero-order valence-electron chi connectivity index (χ0n) is 12.2. The Balaban J connectivity index is 2.07. The zero-order chi connectivity index (χ0) is 16.5. The van der Waals surface area contributed by atoms with Gasteiger partial charge < -0.3 is 15.2 Å². The number of nitrogens with one attached hydrogen (secondary N) is 1. The number of rotatable bonds is 6. The van der Waals surface area contributed by atoms with Gasteiger partial charge in [-0.2, -0.15) is 0 Å². The number of carbonyl (C=O) groups excluding carboxylic acids is 1. The van der Waals surface area contributed by atoms with E-state index in [0.29, 0.717) is 6.42 Å². The first kappa shape index (κ1) is 16.4. The van der Waals surface area contributed by atoms with Gasteiger partial charge >= 0.3 is 5.97 Å². The first-order chi connectivity index (χ1) is 10.3. The molecule has 0 radical (unpaired) electrons. The van der Waals surface area contributed by atoms with Crippen LogP contribution in [-0.2, 0) is 14.3 Å². The lowest BCUT2D eigenvalue weighted by Gasteiger charge is -2.25. The third kappa shape index (κ3) is 3.24. The number of carbonyl (C=O) groups is 2. The number of hydrogen-bond donors (Lipinski definition) is 2. The molecule has 7 heteroatoms. The molecule has 0 aliphatic heterocycles. The molecular weight excluding hydrogens is 296 g/mol. The van der Waals surface area contributed by atoms with Gasteiger partial charge in [-0.25, -0.2) is 13.6 Å². The highest BCUT2D eigenvalue weighted by Gasteiger charge is 2.48. The van der Waals surface area contributed by atoms with Gasteiger partial charge in [0.1, 0.15) is 11.6 Å². The maximum atomic E-state index is 13.7. The fourth-order valence-electron chi connectivity index (χ4n) is 2.43. The summed E-state index contributed by atoms with van der Waals surface area (Å²) in [5.41, 5.74) is -1.41. The van der Waals surface area contributed by atoms with Crippen LogP contribution in [0.4, 0.5) is 8.78 Å². The molecule has 0 spiro atoms. The van der Waals surface area contributed by atoms with Crippen molar-refractivity contribution in [3.63, 3.8) is 0 Å². The summed E-state index contributed by atoms with van der Waals surface area (Å²) in [5, 5.41) is 11.6. The van der Waals surface area contributed by atoms with E-state index in [0.717, 1.165) is 18.2 Å². The minimum atomic E-state index is -1.56. The standard InChI is InChI=1S/C15H17F2NO4/c1-15(7-22-2,14(20)21)18-13(19)11-6-9(11)10-5-8(16)3-4-12(10)17/h3-5,9,11H,6-7H2,1-2H3,(H,18,19)(H,20,21). The van der Waals surface area contributed by atoms with Crippen LogP contribution in [0.15, 0.2) is 18.2 Å². The molecule has 2 rings (SSSR count). The second-order valence-electron chi connectivity index (χ2n) is 5.67. The van der Waals surface area contributed by atoms with Gasteiger partial charge in [0.15, 0.2) is 5.54 Å². The van der Waals surface area contributed by atoms with E-state index in [-0.39, 0.29) is 12.2 Å². The van der Waals surface area contributed by atoms with E-state index >= 15 is 0 Å². The van der Waals surface area contributed by atoms with Crippen LogP contribution < -0.4 is 5.32 Å². The summed E-state index contributed by atoms with van der Waals surface area (Å²) < 4.78 is 31.7. The molecule has 1 aliphatic rings. The maximum absolute atomic E-state index is 13.7. The van der Waals surface area contributed by atoms with Crippen molar-refractivity contribution in [2.75, 3.05) is 13.7 Å². The smallest absolute Gasteiger partial charge is 0.331 e. The molecular formula is C15H17F2NO4. The molecule has 5 nitrogen and oxygen atoms in total. The second-order valence-corrected chi connectivity index (χ2v) is 5.67. The number of aliphatic carboxylic acids is 1. The number of hydrogen-bond acceptors (Lipinski definition) is 3. The highest BCUT2D eigenvalue weighted by molar-refractivity contribution is 5.89. The molecule has 1 saturated carbocycles. The van der Waals surface area contributed by atoms with Gasteiger partial charge in [0.2, 0.25) is 5.91 Å². The largest absolute Gasteiger partial charge is 0.479 e. The van der Waals surface area contributed by atoms with Crippen molar-refractivity contribution in [2.24, 2.45) is 5.92 Å². The van der Waals surface area contributed by atoms with Crippen LogP contribution in [0.5, 0.6) is 0 Å². The maximum Gasteiger partial charge on any atom is 0.331 e. The normalized spacial score (nSPS) is 22.7. The Morgan fingerprint density at radius 1 is 1.45 bits per heavy atom. The van der Waals surface area contributed by atoms with Crippen LogP contribution in [0, 0.1) is 17.6 Å². The first-order valence-corrected chi connectivity index (χ1v) is 6.78. The Morgan fingerprint density at radius 2 is 2.14 bits per heavy atom. The first-order valence-electron chi connectivity index (χ1n) is 6.78. The van der Waals surface area contributed by atoms with E-state index < -0.39 is 40.9 Å².